The molecule has 0 aliphatic rings. The highest BCUT2D eigenvalue weighted by molar-refractivity contribution is 7.15. The fraction of sp³-hybridized carbons (Fsp3) is 0.438. The first kappa shape index (κ1) is 15.2. The van der Waals surface area contributed by atoms with Crippen molar-refractivity contribution in [2.45, 2.75) is 32.9 Å². The van der Waals surface area contributed by atoms with E-state index in [1.807, 2.05) is 45.2 Å². The number of benzene rings is 1. The minimum Gasteiger partial charge on any atom is -0.389 e. The van der Waals surface area contributed by atoms with Gasteiger partial charge in [-0.2, -0.15) is 0 Å². The molecular weight excluding hydrogens is 268 g/mol. The third-order valence-electron chi connectivity index (χ3n) is 3.60. The summed E-state index contributed by atoms with van der Waals surface area (Å²) >= 11 is 1.69. The van der Waals surface area contributed by atoms with Gasteiger partial charge < -0.3 is 10.4 Å². The van der Waals surface area contributed by atoms with Crippen molar-refractivity contribution in [3.63, 3.8) is 0 Å². The molecule has 0 bridgehead atoms. The molecule has 2 rings (SSSR count). The Morgan fingerprint density at radius 3 is 2.65 bits per heavy atom. The van der Waals surface area contributed by atoms with Crippen molar-refractivity contribution in [3.8, 4) is 10.6 Å². The van der Waals surface area contributed by atoms with E-state index in [1.165, 1.54) is 4.88 Å². The molecule has 0 aliphatic carbocycles. The molecule has 0 radical (unpaired) electrons. The van der Waals surface area contributed by atoms with E-state index in [-0.39, 0.29) is 5.92 Å². The molecule has 0 amide bonds. The Bertz CT molecular complexity index is 534. The number of aromatic nitrogens is 1. The average molecular weight is 290 g/mol. The van der Waals surface area contributed by atoms with E-state index in [0.717, 1.165) is 17.1 Å². The van der Waals surface area contributed by atoms with Crippen LogP contribution >= 0.6 is 11.3 Å². The summed E-state index contributed by atoms with van der Waals surface area (Å²) in [6, 6.07) is 10.2. The van der Waals surface area contributed by atoms with Crippen LogP contribution < -0.4 is 5.32 Å². The van der Waals surface area contributed by atoms with Crippen LogP contribution in [0.15, 0.2) is 36.5 Å². The summed E-state index contributed by atoms with van der Waals surface area (Å²) in [6.07, 6.45) is 1.91. The number of aliphatic hydroxyl groups is 1. The summed E-state index contributed by atoms with van der Waals surface area (Å²) in [5.74, 6) is 0.233. The van der Waals surface area contributed by atoms with Gasteiger partial charge in [-0.05, 0) is 12.8 Å². The molecule has 1 heterocycles. The van der Waals surface area contributed by atoms with E-state index >= 15 is 0 Å². The molecule has 0 fully saturated rings. The van der Waals surface area contributed by atoms with Crippen LogP contribution in [0.25, 0.3) is 10.6 Å². The van der Waals surface area contributed by atoms with E-state index < -0.39 is 5.60 Å². The molecule has 1 atom stereocenters. The minimum absolute atomic E-state index is 0.233. The Hall–Kier alpha value is -1.23. The Kier molecular flexibility index (Phi) is 4.91. The minimum atomic E-state index is -0.674. The number of thiazole rings is 1. The summed E-state index contributed by atoms with van der Waals surface area (Å²) < 4.78 is 0. The van der Waals surface area contributed by atoms with Crippen LogP contribution in [0, 0.1) is 5.92 Å². The number of hydrogen-bond acceptors (Lipinski definition) is 4. The molecular formula is C16H22N2OS. The molecule has 1 unspecified atom stereocenters. The molecule has 20 heavy (non-hydrogen) atoms. The van der Waals surface area contributed by atoms with Crippen molar-refractivity contribution in [1.29, 1.82) is 0 Å². The topological polar surface area (TPSA) is 45.1 Å². The van der Waals surface area contributed by atoms with Gasteiger partial charge in [-0.25, -0.2) is 4.98 Å². The molecule has 3 nitrogen and oxygen atoms in total. The Labute approximate surface area is 124 Å². The summed E-state index contributed by atoms with van der Waals surface area (Å²) in [6.45, 7) is 7.26. The average Bonchev–Trinajstić information content (AvgIpc) is 2.88. The van der Waals surface area contributed by atoms with Crippen molar-refractivity contribution in [2.24, 2.45) is 5.92 Å². The highest BCUT2D eigenvalue weighted by Gasteiger charge is 2.24. The first-order chi connectivity index (χ1) is 9.49. The molecule has 1 aromatic heterocycles. The van der Waals surface area contributed by atoms with E-state index in [1.54, 1.807) is 11.3 Å². The highest BCUT2D eigenvalue weighted by atomic mass is 32.1. The SMILES string of the molecule is CC(C)C(C)(O)CNCc1cnc(-c2ccccc2)s1. The lowest BCUT2D eigenvalue weighted by Gasteiger charge is -2.27. The van der Waals surface area contributed by atoms with Crippen LogP contribution in [0.2, 0.25) is 0 Å². The fourth-order valence-corrected chi connectivity index (χ4v) is 2.63. The van der Waals surface area contributed by atoms with Crippen molar-refractivity contribution in [3.05, 3.63) is 41.4 Å². The lowest BCUT2D eigenvalue weighted by molar-refractivity contribution is 0.0140. The van der Waals surface area contributed by atoms with Crippen LogP contribution in [0.1, 0.15) is 25.6 Å². The number of nitrogens with one attached hydrogen (secondary N) is 1. The second kappa shape index (κ2) is 6.48. The van der Waals surface area contributed by atoms with Gasteiger partial charge in [0.2, 0.25) is 0 Å². The quantitative estimate of drug-likeness (QED) is 0.858. The fourth-order valence-electron chi connectivity index (χ4n) is 1.75. The predicted octanol–water partition coefficient (Wildman–Crippen LogP) is 3.31. The van der Waals surface area contributed by atoms with Crippen LogP contribution in [0.4, 0.5) is 0 Å². The Morgan fingerprint density at radius 2 is 2.00 bits per heavy atom. The van der Waals surface area contributed by atoms with Crippen molar-refractivity contribution < 1.29 is 5.11 Å². The van der Waals surface area contributed by atoms with Crippen LogP contribution in [0.3, 0.4) is 0 Å². The van der Waals surface area contributed by atoms with Gasteiger partial charge in [-0.1, -0.05) is 44.2 Å². The van der Waals surface area contributed by atoms with Gasteiger partial charge in [0.1, 0.15) is 5.01 Å². The van der Waals surface area contributed by atoms with E-state index in [2.05, 4.69) is 22.4 Å². The first-order valence-electron chi connectivity index (χ1n) is 6.92. The second-order valence-electron chi connectivity index (χ2n) is 5.61. The summed E-state index contributed by atoms with van der Waals surface area (Å²) in [5, 5.41) is 14.5. The summed E-state index contributed by atoms with van der Waals surface area (Å²) in [5.41, 5.74) is 0.477. The molecule has 4 heteroatoms. The zero-order valence-electron chi connectivity index (χ0n) is 12.3. The van der Waals surface area contributed by atoms with E-state index in [0.29, 0.717) is 6.54 Å². The maximum absolute atomic E-state index is 10.2. The maximum atomic E-state index is 10.2. The van der Waals surface area contributed by atoms with Crippen molar-refractivity contribution in [2.75, 3.05) is 6.54 Å². The van der Waals surface area contributed by atoms with Crippen LogP contribution in [-0.4, -0.2) is 22.2 Å². The van der Waals surface area contributed by atoms with Gasteiger partial charge in [0.05, 0.1) is 5.60 Å². The second-order valence-corrected chi connectivity index (χ2v) is 6.73. The smallest absolute Gasteiger partial charge is 0.123 e. The third kappa shape index (κ3) is 3.88. The lowest BCUT2D eigenvalue weighted by atomic mass is 9.93. The zero-order chi connectivity index (χ0) is 14.6. The van der Waals surface area contributed by atoms with Gasteiger partial charge in [-0.3, -0.25) is 0 Å². The van der Waals surface area contributed by atoms with Crippen molar-refractivity contribution in [1.82, 2.24) is 10.3 Å². The van der Waals surface area contributed by atoms with Crippen molar-refractivity contribution >= 4 is 11.3 Å². The third-order valence-corrected chi connectivity index (χ3v) is 4.65. The summed E-state index contributed by atoms with van der Waals surface area (Å²) in [7, 11) is 0. The van der Waals surface area contributed by atoms with Gasteiger partial charge in [0.25, 0.3) is 0 Å². The zero-order valence-corrected chi connectivity index (χ0v) is 13.1. The molecule has 0 aliphatic heterocycles. The molecule has 2 aromatic rings. The molecule has 108 valence electrons. The van der Waals surface area contributed by atoms with Gasteiger partial charge in [-0.15, -0.1) is 11.3 Å². The Morgan fingerprint density at radius 1 is 1.30 bits per heavy atom. The normalized spacial score (nSPS) is 14.4. The predicted molar refractivity (Wildman–Crippen MR) is 84.7 cm³/mol. The lowest BCUT2D eigenvalue weighted by Crippen LogP contribution is -2.41. The van der Waals surface area contributed by atoms with Gasteiger partial charge in [0, 0.05) is 29.7 Å². The Balaban J connectivity index is 1.91. The standard InChI is InChI=1S/C16H22N2OS/c1-12(2)16(3,19)11-17-9-14-10-18-15(20-14)13-7-5-4-6-8-13/h4-8,10,12,17,19H,9,11H2,1-3H3. The molecule has 0 spiro atoms. The largest absolute Gasteiger partial charge is 0.389 e. The molecule has 2 N–H and O–H groups in total. The maximum Gasteiger partial charge on any atom is 0.123 e. The number of hydrogen-bond donors (Lipinski definition) is 2. The van der Waals surface area contributed by atoms with Gasteiger partial charge >= 0.3 is 0 Å². The summed E-state index contributed by atoms with van der Waals surface area (Å²) in [4.78, 5) is 5.64. The number of rotatable bonds is 6. The monoisotopic (exact) mass is 290 g/mol. The van der Waals surface area contributed by atoms with E-state index in [4.69, 9.17) is 0 Å². The molecule has 1 aromatic carbocycles. The van der Waals surface area contributed by atoms with Crippen LogP contribution in [0.5, 0.6) is 0 Å². The molecule has 0 saturated carbocycles. The highest BCUT2D eigenvalue weighted by Crippen LogP contribution is 2.24. The first-order valence-corrected chi connectivity index (χ1v) is 7.74. The van der Waals surface area contributed by atoms with Gasteiger partial charge in [0.15, 0.2) is 0 Å². The van der Waals surface area contributed by atoms with Crippen LogP contribution in [-0.2, 0) is 6.54 Å². The number of nitrogens with zero attached hydrogens (tertiary/aromatic N) is 1. The van der Waals surface area contributed by atoms with E-state index in [9.17, 15) is 5.11 Å². The molecule has 0 saturated heterocycles.